The lowest BCUT2D eigenvalue weighted by Crippen LogP contribution is -1.67. The van der Waals surface area contributed by atoms with Gasteiger partial charge in [-0.3, -0.25) is 5.10 Å². The Morgan fingerprint density at radius 2 is 1.62 bits per heavy atom. The lowest BCUT2D eigenvalue weighted by molar-refractivity contribution is 1.09. The smallest absolute Gasteiger partial charge is 0.0573 e. The summed E-state index contributed by atoms with van der Waals surface area (Å²) in [7, 11) is 0. The number of H-pyrrole nitrogens is 1. The fourth-order valence-electron chi connectivity index (χ4n) is 1.64. The van der Waals surface area contributed by atoms with Crippen LogP contribution in [-0.4, -0.2) is 10.2 Å². The highest BCUT2D eigenvalue weighted by Gasteiger charge is 2.04. The molecule has 3 heteroatoms. The normalized spacial score (nSPS) is 10.5. The van der Waals surface area contributed by atoms with Gasteiger partial charge in [-0.1, -0.05) is 30.3 Å². The van der Waals surface area contributed by atoms with E-state index in [-0.39, 0.29) is 0 Å². The van der Waals surface area contributed by atoms with E-state index in [9.17, 15) is 0 Å². The van der Waals surface area contributed by atoms with E-state index in [1.165, 1.54) is 15.3 Å². The Bertz CT molecular complexity index is 567. The van der Waals surface area contributed by atoms with Crippen molar-refractivity contribution < 1.29 is 0 Å². The molecule has 1 N–H and O–H groups in total. The molecule has 0 fully saturated rings. The molecule has 0 aliphatic heterocycles. The summed E-state index contributed by atoms with van der Waals surface area (Å²) < 4.78 is 0. The molecule has 0 aliphatic rings. The fraction of sp³-hybridized carbons (Fsp3) is 0. The zero-order chi connectivity index (χ0) is 10.8. The predicted octanol–water partition coefficient (Wildman–Crippen LogP) is 3.81. The number of hydrogen-bond acceptors (Lipinski definition) is 2. The molecule has 78 valence electrons. The van der Waals surface area contributed by atoms with Crippen LogP contribution in [0.3, 0.4) is 0 Å². The largest absolute Gasteiger partial charge is 0.285 e. The summed E-state index contributed by atoms with van der Waals surface area (Å²) in [6.45, 7) is 0. The highest BCUT2D eigenvalue weighted by molar-refractivity contribution is 7.18. The van der Waals surface area contributed by atoms with Gasteiger partial charge in [0.15, 0.2) is 0 Å². The molecule has 0 amide bonds. The van der Waals surface area contributed by atoms with Gasteiger partial charge in [0.05, 0.1) is 6.20 Å². The van der Waals surface area contributed by atoms with E-state index in [0.29, 0.717) is 0 Å². The molecule has 0 aliphatic carbocycles. The molecule has 0 spiro atoms. The molecule has 0 radical (unpaired) electrons. The van der Waals surface area contributed by atoms with Crippen molar-refractivity contribution in [2.45, 2.75) is 0 Å². The Morgan fingerprint density at radius 3 is 2.31 bits per heavy atom. The van der Waals surface area contributed by atoms with Crippen LogP contribution >= 0.6 is 11.3 Å². The number of hydrogen-bond donors (Lipinski definition) is 1. The minimum atomic E-state index is 1.15. The molecule has 0 saturated heterocycles. The van der Waals surface area contributed by atoms with Crippen molar-refractivity contribution in [3.05, 3.63) is 54.9 Å². The highest BCUT2D eigenvalue weighted by Crippen LogP contribution is 2.33. The number of benzene rings is 1. The number of nitrogens with one attached hydrogen (secondary N) is 1. The van der Waals surface area contributed by atoms with Crippen LogP contribution in [-0.2, 0) is 0 Å². The molecule has 2 nitrogen and oxygen atoms in total. The van der Waals surface area contributed by atoms with Gasteiger partial charge in [0.1, 0.15) is 0 Å². The van der Waals surface area contributed by atoms with Crippen molar-refractivity contribution in [2.75, 3.05) is 0 Å². The second-order valence-corrected chi connectivity index (χ2v) is 4.60. The predicted molar refractivity (Wildman–Crippen MR) is 67.3 cm³/mol. The highest BCUT2D eigenvalue weighted by atomic mass is 32.1. The molecule has 3 aromatic rings. The van der Waals surface area contributed by atoms with Gasteiger partial charge >= 0.3 is 0 Å². The summed E-state index contributed by atoms with van der Waals surface area (Å²) in [6, 6.07) is 14.7. The molecule has 16 heavy (non-hydrogen) atoms. The first kappa shape index (κ1) is 9.36. The number of aromatic amines is 1. The molecule has 2 heterocycles. The number of rotatable bonds is 2. The maximum atomic E-state index is 3.96. The van der Waals surface area contributed by atoms with E-state index in [4.69, 9.17) is 0 Å². The minimum absolute atomic E-state index is 1.15. The molecule has 0 bridgehead atoms. The Kier molecular flexibility index (Phi) is 2.31. The summed E-state index contributed by atoms with van der Waals surface area (Å²) in [6.07, 6.45) is 3.77. The van der Waals surface area contributed by atoms with Crippen LogP contribution in [0.15, 0.2) is 54.9 Å². The van der Waals surface area contributed by atoms with Crippen LogP contribution < -0.4 is 0 Å². The lowest BCUT2D eigenvalue weighted by atomic mass is 10.2. The van der Waals surface area contributed by atoms with Crippen LogP contribution in [0.4, 0.5) is 0 Å². The van der Waals surface area contributed by atoms with Gasteiger partial charge in [-0.05, 0) is 17.7 Å². The second kappa shape index (κ2) is 3.94. The average molecular weight is 226 g/mol. The fourth-order valence-corrected chi connectivity index (χ4v) is 2.63. The van der Waals surface area contributed by atoms with E-state index < -0.39 is 0 Å². The quantitative estimate of drug-likeness (QED) is 0.707. The van der Waals surface area contributed by atoms with E-state index in [0.717, 1.165) is 5.56 Å². The van der Waals surface area contributed by atoms with Crippen LogP contribution in [0.2, 0.25) is 0 Å². The first-order chi connectivity index (χ1) is 7.93. The molecular formula is C13H10N2S. The van der Waals surface area contributed by atoms with Crippen molar-refractivity contribution in [1.29, 1.82) is 0 Å². The molecule has 2 aromatic heterocycles. The molecule has 0 unspecified atom stereocenters. The van der Waals surface area contributed by atoms with Crippen LogP contribution in [0.25, 0.3) is 20.9 Å². The standard InChI is InChI=1S/C13H10N2S/c1-2-4-10(5-3-1)12-6-7-13(16-12)11-8-14-15-9-11/h1-9H,(H,14,15). The van der Waals surface area contributed by atoms with Crippen LogP contribution in [0.1, 0.15) is 0 Å². The number of thiophene rings is 1. The Morgan fingerprint density at radius 1 is 0.875 bits per heavy atom. The van der Waals surface area contributed by atoms with Crippen molar-refractivity contribution in [2.24, 2.45) is 0 Å². The van der Waals surface area contributed by atoms with Gasteiger partial charge in [0.25, 0.3) is 0 Å². The minimum Gasteiger partial charge on any atom is -0.285 e. The summed E-state index contributed by atoms with van der Waals surface area (Å²) in [5, 5.41) is 6.80. The van der Waals surface area contributed by atoms with E-state index in [1.807, 2.05) is 18.5 Å². The monoisotopic (exact) mass is 226 g/mol. The topological polar surface area (TPSA) is 28.7 Å². The summed E-state index contributed by atoms with van der Waals surface area (Å²) in [5.74, 6) is 0. The van der Waals surface area contributed by atoms with Gasteiger partial charge in [0.2, 0.25) is 0 Å². The van der Waals surface area contributed by atoms with Crippen molar-refractivity contribution in [3.63, 3.8) is 0 Å². The first-order valence-electron chi connectivity index (χ1n) is 5.08. The maximum Gasteiger partial charge on any atom is 0.0573 e. The van der Waals surface area contributed by atoms with Gasteiger partial charge in [-0.15, -0.1) is 11.3 Å². The van der Waals surface area contributed by atoms with Gasteiger partial charge in [-0.25, -0.2) is 0 Å². The van der Waals surface area contributed by atoms with Crippen molar-refractivity contribution in [3.8, 4) is 20.9 Å². The van der Waals surface area contributed by atoms with Crippen molar-refractivity contribution >= 4 is 11.3 Å². The Hall–Kier alpha value is -1.87. The Labute approximate surface area is 97.6 Å². The summed E-state index contributed by atoms with van der Waals surface area (Å²) >= 11 is 1.78. The lowest BCUT2D eigenvalue weighted by Gasteiger charge is -1.94. The third kappa shape index (κ3) is 1.66. The Balaban J connectivity index is 2.00. The molecular weight excluding hydrogens is 216 g/mol. The third-order valence-corrected chi connectivity index (χ3v) is 3.63. The maximum absolute atomic E-state index is 3.96. The van der Waals surface area contributed by atoms with Crippen LogP contribution in [0, 0.1) is 0 Å². The molecule has 0 atom stereocenters. The van der Waals surface area contributed by atoms with Crippen LogP contribution in [0.5, 0.6) is 0 Å². The second-order valence-electron chi connectivity index (χ2n) is 3.52. The van der Waals surface area contributed by atoms with E-state index in [1.54, 1.807) is 11.3 Å². The van der Waals surface area contributed by atoms with E-state index in [2.05, 4.69) is 46.6 Å². The molecule has 1 aromatic carbocycles. The third-order valence-electron chi connectivity index (χ3n) is 2.45. The van der Waals surface area contributed by atoms with Crippen molar-refractivity contribution in [1.82, 2.24) is 10.2 Å². The zero-order valence-electron chi connectivity index (χ0n) is 8.55. The van der Waals surface area contributed by atoms with Gasteiger partial charge in [-0.2, -0.15) is 5.10 Å². The summed E-state index contributed by atoms with van der Waals surface area (Å²) in [4.78, 5) is 2.53. The van der Waals surface area contributed by atoms with Gasteiger partial charge < -0.3 is 0 Å². The first-order valence-corrected chi connectivity index (χ1v) is 5.89. The zero-order valence-corrected chi connectivity index (χ0v) is 9.37. The molecule has 3 rings (SSSR count). The van der Waals surface area contributed by atoms with Gasteiger partial charge in [0, 0.05) is 21.5 Å². The summed E-state index contributed by atoms with van der Waals surface area (Å²) in [5.41, 5.74) is 2.41. The number of nitrogens with zero attached hydrogens (tertiary/aromatic N) is 1. The average Bonchev–Trinajstić information content (AvgIpc) is 3.01. The molecule has 0 saturated carbocycles. The number of aromatic nitrogens is 2. The van der Waals surface area contributed by atoms with E-state index >= 15 is 0 Å². The SMILES string of the molecule is c1ccc(-c2ccc(-c3cn[nH]c3)s2)cc1.